The zero-order chi connectivity index (χ0) is 14.0. The van der Waals surface area contributed by atoms with Crippen molar-refractivity contribution in [2.75, 3.05) is 6.26 Å². The van der Waals surface area contributed by atoms with Crippen LogP contribution in [0.1, 0.15) is 11.9 Å². The smallest absolute Gasteiger partial charge is 0.178 e. The van der Waals surface area contributed by atoms with E-state index in [2.05, 4.69) is 0 Å². The van der Waals surface area contributed by atoms with Gasteiger partial charge in [0.15, 0.2) is 16.1 Å². The Bertz CT molecular complexity index is 656. The summed E-state index contributed by atoms with van der Waals surface area (Å²) in [4.78, 5) is 0.277. The van der Waals surface area contributed by atoms with Gasteiger partial charge in [-0.3, -0.25) is 0 Å². The molecule has 0 atom stereocenters. The first-order valence-electron chi connectivity index (χ1n) is 5.64. The summed E-state index contributed by atoms with van der Waals surface area (Å²) >= 11 is 0. The second-order valence-corrected chi connectivity index (χ2v) is 6.31. The Morgan fingerprint density at radius 3 is 1.63 bits per heavy atom. The van der Waals surface area contributed by atoms with E-state index in [1.807, 2.05) is 0 Å². The molecule has 2 aromatic carbocycles. The standard InChI is InChI=1S/C14H14O4S/c1-19(17,18)13-8-6-11(7-9-13)10-2-4-12(5-3-10)14(15)16/h2-9,14-16H,1H3. The molecule has 0 aliphatic carbocycles. The van der Waals surface area contributed by atoms with Gasteiger partial charge in [-0.15, -0.1) is 0 Å². The third kappa shape index (κ3) is 3.20. The molecule has 0 spiro atoms. The number of rotatable bonds is 3. The molecule has 0 radical (unpaired) electrons. The Kier molecular flexibility index (Phi) is 3.71. The highest BCUT2D eigenvalue weighted by Crippen LogP contribution is 2.23. The van der Waals surface area contributed by atoms with E-state index in [1.165, 1.54) is 6.26 Å². The summed E-state index contributed by atoms with van der Waals surface area (Å²) in [6, 6.07) is 13.3. The van der Waals surface area contributed by atoms with Crippen molar-refractivity contribution in [3.63, 3.8) is 0 Å². The van der Waals surface area contributed by atoms with Gasteiger partial charge in [0.25, 0.3) is 0 Å². The molecule has 0 amide bonds. The van der Waals surface area contributed by atoms with Crippen LogP contribution >= 0.6 is 0 Å². The molecule has 100 valence electrons. The Morgan fingerprint density at radius 1 is 0.842 bits per heavy atom. The molecule has 2 N–H and O–H groups in total. The van der Waals surface area contributed by atoms with Crippen LogP contribution < -0.4 is 0 Å². The number of hydrogen-bond donors (Lipinski definition) is 2. The van der Waals surface area contributed by atoms with Crippen molar-refractivity contribution in [2.45, 2.75) is 11.2 Å². The number of benzene rings is 2. The van der Waals surface area contributed by atoms with Gasteiger partial charge in [0, 0.05) is 11.8 Å². The van der Waals surface area contributed by atoms with E-state index in [0.717, 1.165) is 11.1 Å². The maximum Gasteiger partial charge on any atom is 0.178 e. The van der Waals surface area contributed by atoms with E-state index >= 15 is 0 Å². The van der Waals surface area contributed by atoms with E-state index < -0.39 is 16.1 Å². The molecule has 0 saturated carbocycles. The molecular formula is C14H14O4S. The fourth-order valence-corrected chi connectivity index (χ4v) is 2.37. The van der Waals surface area contributed by atoms with Crippen molar-refractivity contribution in [1.82, 2.24) is 0 Å². The second kappa shape index (κ2) is 5.13. The SMILES string of the molecule is CS(=O)(=O)c1ccc(-c2ccc(C(O)O)cc2)cc1. The zero-order valence-corrected chi connectivity index (χ0v) is 11.1. The third-order valence-corrected chi connectivity index (χ3v) is 3.95. The molecule has 2 aromatic rings. The van der Waals surface area contributed by atoms with E-state index in [4.69, 9.17) is 10.2 Å². The van der Waals surface area contributed by atoms with Crippen molar-refractivity contribution >= 4 is 9.84 Å². The summed E-state index contributed by atoms with van der Waals surface area (Å²) in [5.74, 6) is 0. The van der Waals surface area contributed by atoms with Crippen LogP contribution in [0, 0.1) is 0 Å². The van der Waals surface area contributed by atoms with Crippen LogP contribution in [-0.2, 0) is 9.84 Å². The van der Waals surface area contributed by atoms with Crippen molar-refractivity contribution in [3.8, 4) is 11.1 Å². The summed E-state index contributed by atoms with van der Waals surface area (Å²) in [6.45, 7) is 0. The third-order valence-electron chi connectivity index (χ3n) is 2.82. The van der Waals surface area contributed by atoms with Gasteiger partial charge in [-0.05, 0) is 23.3 Å². The maximum absolute atomic E-state index is 11.3. The monoisotopic (exact) mass is 278 g/mol. The lowest BCUT2D eigenvalue weighted by Gasteiger charge is -2.06. The van der Waals surface area contributed by atoms with Crippen molar-refractivity contribution in [1.29, 1.82) is 0 Å². The van der Waals surface area contributed by atoms with Crippen molar-refractivity contribution in [2.24, 2.45) is 0 Å². The lowest BCUT2D eigenvalue weighted by Crippen LogP contribution is -1.96. The lowest BCUT2D eigenvalue weighted by atomic mass is 10.0. The lowest BCUT2D eigenvalue weighted by molar-refractivity contribution is -0.0424. The molecule has 5 heteroatoms. The molecule has 0 fully saturated rings. The largest absolute Gasteiger partial charge is 0.364 e. The van der Waals surface area contributed by atoms with Crippen LogP contribution in [0.5, 0.6) is 0 Å². The van der Waals surface area contributed by atoms with Gasteiger partial charge >= 0.3 is 0 Å². The summed E-state index contributed by atoms with van der Waals surface area (Å²) in [7, 11) is -3.19. The Balaban J connectivity index is 2.32. The van der Waals surface area contributed by atoms with Crippen LogP contribution in [0.15, 0.2) is 53.4 Å². The fraction of sp³-hybridized carbons (Fsp3) is 0.143. The van der Waals surface area contributed by atoms with Crippen molar-refractivity contribution in [3.05, 3.63) is 54.1 Å². The predicted octanol–water partition coefficient (Wildman–Crippen LogP) is 1.74. The Hall–Kier alpha value is -1.69. The number of aliphatic hydroxyl groups excluding tert-OH is 1. The van der Waals surface area contributed by atoms with Crippen LogP contribution in [-0.4, -0.2) is 24.9 Å². The summed E-state index contributed by atoms with van der Waals surface area (Å²) < 4.78 is 22.7. The molecule has 0 aliphatic heterocycles. The van der Waals surface area contributed by atoms with Crippen LogP contribution in [0.2, 0.25) is 0 Å². The van der Waals surface area contributed by atoms with Gasteiger partial charge in [0.05, 0.1) is 4.90 Å². The van der Waals surface area contributed by atoms with Crippen molar-refractivity contribution < 1.29 is 18.6 Å². The van der Waals surface area contributed by atoms with E-state index in [9.17, 15) is 8.42 Å². The number of sulfone groups is 1. The predicted molar refractivity (Wildman–Crippen MR) is 72.2 cm³/mol. The van der Waals surface area contributed by atoms with Gasteiger partial charge in [-0.2, -0.15) is 0 Å². The summed E-state index contributed by atoms with van der Waals surface area (Å²) in [5, 5.41) is 18.0. The number of hydrogen-bond acceptors (Lipinski definition) is 4. The van der Waals surface area contributed by atoms with Crippen LogP contribution in [0.25, 0.3) is 11.1 Å². The Morgan fingerprint density at radius 2 is 1.26 bits per heavy atom. The molecule has 2 rings (SSSR count). The first-order valence-corrected chi connectivity index (χ1v) is 7.53. The first-order chi connectivity index (χ1) is 8.88. The van der Waals surface area contributed by atoms with Crippen LogP contribution in [0.3, 0.4) is 0 Å². The normalized spacial score (nSPS) is 11.8. The minimum atomic E-state index is -3.19. The molecule has 0 aliphatic rings. The Labute approximate surface area is 111 Å². The molecule has 0 saturated heterocycles. The van der Waals surface area contributed by atoms with E-state index in [-0.39, 0.29) is 4.90 Å². The highest BCUT2D eigenvalue weighted by Gasteiger charge is 2.07. The molecule has 4 nitrogen and oxygen atoms in total. The molecule has 19 heavy (non-hydrogen) atoms. The van der Waals surface area contributed by atoms with Gasteiger partial charge in [-0.1, -0.05) is 36.4 Å². The molecule has 0 heterocycles. The van der Waals surface area contributed by atoms with Gasteiger partial charge in [-0.25, -0.2) is 8.42 Å². The molecular weight excluding hydrogens is 264 g/mol. The van der Waals surface area contributed by atoms with Crippen LogP contribution in [0.4, 0.5) is 0 Å². The quantitative estimate of drug-likeness (QED) is 0.839. The summed E-state index contributed by atoms with van der Waals surface area (Å²) in [5.41, 5.74) is 2.16. The average molecular weight is 278 g/mol. The van der Waals surface area contributed by atoms with Gasteiger partial charge in [0.1, 0.15) is 0 Å². The highest BCUT2D eigenvalue weighted by molar-refractivity contribution is 7.90. The molecule has 0 bridgehead atoms. The van der Waals surface area contributed by atoms with Gasteiger partial charge in [0.2, 0.25) is 0 Å². The fourth-order valence-electron chi connectivity index (χ4n) is 1.74. The summed E-state index contributed by atoms with van der Waals surface area (Å²) in [6.07, 6.45) is -0.318. The highest BCUT2D eigenvalue weighted by atomic mass is 32.2. The van der Waals surface area contributed by atoms with E-state index in [1.54, 1.807) is 48.5 Å². The molecule has 0 unspecified atom stereocenters. The van der Waals surface area contributed by atoms with Gasteiger partial charge < -0.3 is 10.2 Å². The first kappa shape index (κ1) is 13.7. The average Bonchev–Trinajstić information content (AvgIpc) is 2.38. The zero-order valence-electron chi connectivity index (χ0n) is 10.3. The minimum Gasteiger partial charge on any atom is -0.364 e. The second-order valence-electron chi connectivity index (χ2n) is 4.29. The number of aliphatic hydroxyl groups is 2. The maximum atomic E-state index is 11.3. The minimum absolute atomic E-state index is 0.277. The van der Waals surface area contributed by atoms with E-state index in [0.29, 0.717) is 5.56 Å². The molecule has 0 aromatic heterocycles. The topological polar surface area (TPSA) is 74.6 Å².